The van der Waals surface area contributed by atoms with Gasteiger partial charge in [0.25, 0.3) is 5.69 Å². The predicted octanol–water partition coefficient (Wildman–Crippen LogP) is 3.64. The van der Waals surface area contributed by atoms with Gasteiger partial charge in [-0.1, -0.05) is 29.8 Å². The third-order valence-corrected chi connectivity index (χ3v) is 5.37. The molecular weight excluding hydrogens is 370 g/mol. The normalized spacial score (nSPS) is 14.5. The number of nitrogens with one attached hydrogen (secondary N) is 1. The van der Waals surface area contributed by atoms with Crippen LogP contribution in [-0.4, -0.2) is 29.7 Å². The van der Waals surface area contributed by atoms with Crippen LogP contribution in [0.2, 0.25) is 0 Å². The van der Waals surface area contributed by atoms with Gasteiger partial charge in [-0.15, -0.1) is 0 Å². The summed E-state index contributed by atoms with van der Waals surface area (Å²) in [6.45, 7) is 5.02. The summed E-state index contributed by atoms with van der Waals surface area (Å²) in [7, 11) is 0. The number of anilines is 1. The molecule has 7 nitrogen and oxygen atoms in total. The van der Waals surface area contributed by atoms with Crippen LogP contribution >= 0.6 is 0 Å². The number of nitro groups is 1. The average Bonchev–Trinajstić information content (AvgIpc) is 2.72. The van der Waals surface area contributed by atoms with E-state index in [0.29, 0.717) is 43.7 Å². The molecule has 0 atom stereocenters. The van der Waals surface area contributed by atoms with Crippen molar-refractivity contribution in [2.75, 3.05) is 18.0 Å². The Hall–Kier alpha value is -3.22. The molecule has 1 aliphatic heterocycles. The molecule has 0 saturated carbocycles. The molecule has 1 N–H and O–H groups in total. The van der Waals surface area contributed by atoms with Gasteiger partial charge in [0.15, 0.2) is 5.78 Å². The van der Waals surface area contributed by atoms with Gasteiger partial charge >= 0.3 is 0 Å². The van der Waals surface area contributed by atoms with Gasteiger partial charge in [0, 0.05) is 37.2 Å². The molecule has 2 aromatic rings. The zero-order valence-corrected chi connectivity index (χ0v) is 16.7. The van der Waals surface area contributed by atoms with Crippen LogP contribution in [0.3, 0.4) is 0 Å². The molecular formula is C22H25N3O4. The van der Waals surface area contributed by atoms with Gasteiger partial charge in [-0.2, -0.15) is 0 Å². The summed E-state index contributed by atoms with van der Waals surface area (Å²) < 4.78 is 0. The SMILES string of the molecule is CC(=O)c1ccc(N2CCC(C(=O)NCc3ccc(C)cc3)CC2)c([N+](=O)[O-])c1. The number of nitro benzene ring substituents is 1. The Morgan fingerprint density at radius 2 is 1.79 bits per heavy atom. The lowest BCUT2D eigenvalue weighted by Crippen LogP contribution is -2.40. The first kappa shape index (κ1) is 20.5. The fourth-order valence-corrected chi connectivity index (χ4v) is 3.58. The Kier molecular flexibility index (Phi) is 6.26. The van der Waals surface area contributed by atoms with Crippen molar-refractivity contribution in [2.45, 2.75) is 33.2 Å². The zero-order chi connectivity index (χ0) is 21.0. The number of piperidine rings is 1. The quantitative estimate of drug-likeness (QED) is 0.458. The molecule has 2 aromatic carbocycles. The molecule has 1 fully saturated rings. The van der Waals surface area contributed by atoms with Crippen molar-refractivity contribution >= 4 is 23.1 Å². The van der Waals surface area contributed by atoms with Crippen molar-refractivity contribution < 1.29 is 14.5 Å². The van der Waals surface area contributed by atoms with E-state index in [4.69, 9.17) is 0 Å². The third-order valence-electron chi connectivity index (χ3n) is 5.37. The van der Waals surface area contributed by atoms with E-state index in [1.807, 2.05) is 36.1 Å². The smallest absolute Gasteiger partial charge is 0.293 e. The predicted molar refractivity (Wildman–Crippen MR) is 111 cm³/mol. The Morgan fingerprint density at radius 1 is 1.14 bits per heavy atom. The minimum absolute atomic E-state index is 0.0200. The highest BCUT2D eigenvalue weighted by Gasteiger charge is 2.28. The van der Waals surface area contributed by atoms with Crippen molar-refractivity contribution in [3.05, 3.63) is 69.3 Å². The van der Waals surface area contributed by atoms with Crippen LogP contribution in [0.1, 0.15) is 41.3 Å². The first-order chi connectivity index (χ1) is 13.8. The van der Waals surface area contributed by atoms with Crippen LogP contribution in [0.25, 0.3) is 0 Å². The third kappa shape index (κ3) is 4.99. The van der Waals surface area contributed by atoms with Gasteiger partial charge in [0.2, 0.25) is 5.91 Å². The van der Waals surface area contributed by atoms with E-state index in [9.17, 15) is 19.7 Å². The van der Waals surface area contributed by atoms with Crippen molar-refractivity contribution in [1.82, 2.24) is 5.32 Å². The summed E-state index contributed by atoms with van der Waals surface area (Å²) in [5.74, 6) is -0.289. The van der Waals surface area contributed by atoms with E-state index in [-0.39, 0.29) is 23.3 Å². The van der Waals surface area contributed by atoms with Crippen molar-refractivity contribution in [2.24, 2.45) is 5.92 Å². The first-order valence-corrected chi connectivity index (χ1v) is 9.72. The Labute approximate surface area is 169 Å². The fraction of sp³-hybridized carbons (Fsp3) is 0.364. The lowest BCUT2D eigenvalue weighted by molar-refractivity contribution is -0.384. The average molecular weight is 395 g/mol. The highest BCUT2D eigenvalue weighted by atomic mass is 16.6. The zero-order valence-electron chi connectivity index (χ0n) is 16.7. The lowest BCUT2D eigenvalue weighted by atomic mass is 9.95. The number of hydrogen-bond donors (Lipinski definition) is 1. The number of Topliss-reactive ketones (excluding diaryl/α,β-unsaturated/α-hetero) is 1. The van der Waals surface area contributed by atoms with E-state index >= 15 is 0 Å². The minimum atomic E-state index is -0.456. The summed E-state index contributed by atoms with van der Waals surface area (Å²) in [6.07, 6.45) is 1.26. The second-order valence-electron chi connectivity index (χ2n) is 7.48. The van der Waals surface area contributed by atoms with Gasteiger partial charge in [-0.25, -0.2) is 0 Å². The highest BCUT2D eigenvalue weighted by molar-refractivity contribution is 5.95. The van der Waals surface area contributed by atoms with Crippen LogP contribution in [0.4, 0.5) is 11.4 Å². The fourth-order valence-electron chi connectivity index (χ4n) is 3.58. The first-order valence-electron chi connectivity index (χ1n) is 9.72. The van der Waals surface area contributed by atoms with Crippen molar-refractivity contribution in [3.63, 3.8) is 0 Å². The van der Waals surface area contributed by atoms with Crippen molar-refractivity contribution in [1.29, 1.82) is 0 Å². The molecule has 3 rings (SSSR count). The van der Waals surface area contributed by atoms with Crippen LogP contribution in [0.15, 0.2) is 42.5 Å². The maximum absolute atomic E-state index is 12.5. The maximum atomic E-state index is 12.5. The molecule has 7 heteroatoms. The molecule has 1 heterocycles. The summed E-state index contributed by atoms with van der Waals surface area (Å²) in [4.78, 5) is 36.9. The van der Waals surface area contributed by atoms with Crippen molar-refractivity contribution in [3.8, 4) is 0 Å². The minimum Gasteiger partial charge on any atom is -0.366 e. The summed E-state index contributed by atoms with van der Waals surface area (Å²) in [5.41, 5.74) is 2.99. The molecule has 152 valence electrons. The Balaban J connectivity index is 1.60. The number of ketones is 1. The molecule has 0 spiro atoms. The second-order valence-corrected chi connectivity index (χ2v) is 7.48. The van der Waals surface area contributed by atoms with E-state index in [2.05, 4.69) is 5.32 Å². The Bertz CT molecular complexity index is 916. The number of benzene rings is 2. The number of aryl methyl sites for hydroxylation is 1. The molecule has 0 radical (unpaired) electrons. The van der Waals surface area contributed by atoms with Gasteiger partial charge in [0.05, 0.1) is 4.92 Å². The molecule has 1 saturated heterocycles. The maximum Gasteiger partial charge on any atom is 0.293 e. The number of rotatable bonds is 6. The number of carbonyl (C=O) groups is 2. The Morgan fingerprint density at radius 3 is 2.38 bits per heavy atom. The van der Waals surface area contributed by atoms with E-state index < -0.39 is 4.92 Å². The molecule has 0 unspecified atom stereocenters. The van der Waals surface area contributed by atoms with Gasteiger partial charge in [-0.05, 0) is 44.4 Å². The molecule has 0 aromatic heterocycles. The van der Waals surface area contributed by atoms with E-state index in [1.54, 1.807) is 12.1 Å². The topological polar surface area (TPSA) is 92.6 Å². The molecule has 29 heavy (non-hydrogen) atoms. The monoisotopic (exact) mass is 395 g/mol. The van der Waals surface area contributed by atoms with Crippen LogP contribution in [-0.2, 0) is 11.3 Å². The van der Waals surface area contributed by atoms with Gasteiger partial charge < -0.3 is 10.2 Å². The van der Waals surface area contributed by atoms with Crippen LogP contribution < -0.4 is 10.2 Å². The molecule has 0 aliphatic carbocycles. The number of hydrogen-bond acceptors (Lipinski definition) is 5. The number of carbonyl (C=O) groups excluding carboxylic acids is 2. The highest BCUT2D eigenvalue weighted by Crippen LogP contribution is 2.32. The summed E-state index contributed by atoms with van der Waals surface area (Å²) in [5, 5.41) is 14.4. The second kappa shape index (κ2) is 8.86. The van der Waals surface area contributed by atoms with Gasteiger partial charge in [-0.3, -0.25) is 19.7 Å². The standard InChI is InChI=1S/C22H25N3O4/c1-15-3-5-17(6-4-15)14-23-22(27)18-9-11-24(12-10-18)20-8-7-19(16(2)26)13-21(20)25(28)29/h3-8,13,18H,9-12,14H2,1-2H3,(H,23,27). The molecule has 0 bridgehead atoms. The molecule has 1 amide bonds. The van der Waals surface area contributed by atoms with Crippen LogP contribution in [0.5, 0.6) is 0 Å². The summed E-state index contributed by atoms with van der Waals surface area (Å²) >= 11 is 0. The van der Waals surface area contributed by atoms with E-state index in [0.717, 1.165) is 5.56 Å². The number of amides is 1. The van der Waals surface area contributed by atoms with E-state index in [1.165, 1.54) is 18.6 Å². The number of nitrogens with zero attached hydrogens (tertiary/aromatic N) is 2. The molecule has 1 aliphatic rings. The van der Waals surface area contributed by atoms with Gasteiger partial charge in [0.1, 0.15) is 5.69 Å². The lowest BCUT2D eigenvalue weighted by Gasteiger charge is -2.32. The summed E-state index contributed by atoms with van der Waals surface area (Å²) in [6, 6.07) is 12.6. The largest absolute Gasteiger partial charge is 0.366 e. The van der Waals surface area contributed by atoms with Crippen LogP contribution in [0, 0.1) is 23.0 Å².